The molecule has 0 N–H and O–H groups in total. The Labute approximate surface area is 114 Å². The molecule has 0 radical (unpaired) electrons. The molecule has 102 valence electrons. The molecule has 1 aliphatic rings. The fourth-order valence-corrected chi connectivity index (χ4v) is 2.37. The van der Waals surface area contributed by atoms with E-state index in [2.05, 4.69) is 11.0 Å². The van der Waals surface area contributed by atoms with Crippen LogP contribution in [0.5, 0.6) is 5.75 Å². The van der Waals surface area contributed by atoms with Crippen LogP contribution in [0.4, 0.5) is 0 Å². The number of nitrogens with zero attached hydrogens (tertiary/aromatic N) is 2. The topological polar surface area (TPSA) is 45.5 Å². The highest BCUT2D eigenvalue weighted by atomic mass is 16.5. The van der Waals surface area contributed by atoms with E-state index >= 15 is 0 Å². The number of morpholine rings is 1. The molecule has 1 fully saturated rings. The normalized spacial score (nSPS) is 19.4. The molecular formula is C15H20N2O2. The summed E-state index contributed by atoms with van der Waals surface area (Å²) in [7, 11) is 0. The summed E-state index contributed by atoms with van der Waals surface area (Å²) in [6.45, 7) is 7.53. The molecular weight excluding hydrogens is 240 g/mol. The molecule has 19 heavy (non-hydrogen) atoms. The van der Waals surface area contributed by atoms with Crippen LogP contribution in [0.2, 0.25) is 0 Å². The van der Waals surface area contributed by atoms with Crippen LogP contribution in [0.15, 0.2) is 24.3 Å². The predicted octanol–water partition coefficient (Wildman–Crippen LogP) is 2.16. The molecule has 0 spiro atoms. The van der Waals surface area contributed by atoms with Gasteiger partial charge in [0, 0.05) is 13.1 Å². The Hall–Kier alpha value is -1.57. The van der Waals surface area contributed by atoms with Crippen molar-refractivity contribution >= 4 is 0 Å². The molecule has 4 nitrogen and oxygen atoms in total. The lowest BCUT2D eigenvalue weighted by Gasteiger charge is -2.38. The van der Waals surface area contributed by atoms with Gasteiger partial charge in [0.05, 0.1) is 25.9 Å². The molecule has 2 rings (SSSR count). The van der Waals surface area contributed by atoms with Gasteiger partial charge in [-0.15, -0.1) is 0 Å². The zero-order valence-corrected chi connectivity index (χ0v) is 11.6. The van der Waals surface area contributed by atoms with Crippen molar-refractivity contribution in [3.63, 3.8) is 0 Å². The van der Waals surface area contributed by atoms with Crippen LogP contribution in [0.25, 0.3) is 0 Å². The monoisotopic (exact) mass is 260 g/mol. The van der Waals surface area contributed by atoms with Crippen molar-refractivity contribution in [1.82, 2.24) is 4.90 Å². The van der Waals surface area contributed by atoms with Gasteiger partial charge in [-0.2, -0.15) is 5.26 Å². The van der Waals surface area contributed by atoms with E-state index in [1.54, 1.807) is 0 Å². The maximum absolute atomic E-state index is 9.60. The van der Waals surface area contributed by atoms with Gasteiger partial charge in [0.15, 0.2) is 0 Å². The molecule has 0 aromatic heterocycles. The van der Waals surface area contributed by atoms with Crippen LogP contribution < -0.4 is 4.74 Å². The van der Waals surface area contributed by atoms with E-state index in [1.165, 1.54) is 0 Å². The molecule has 4 heteroatoms. The highest BCUT2D eigenvalue weighted by molar-refractivity contribution is 5.35. The van der Waals surface area contributed by atoms with Crippen LogP contribution in [0, 0.1) is 11.3 Å². The molecule has 1 aromatic rings. The highest BCUT2D eigenvalue weighted by Gasteiger charge is 2.34. The van der Waals surface area contributed by atoms with Crippen molar-refractivity contribution in [2.45, 2.75) is 19.4 Å². The lowest BCUT2D eigenvalue weighted by atomic mass is 9.91. The third-order valence-electron chi connectivity index (χ3n) is 3.59. The Kier molecular flexibility index (Phi) is 4.41. The molecule has 1 saturated heterocycles. The third kappa shape index (κ3) is 2.89. The summed E-state index contributed by atoms with van der Waals surface area (Å²) in [4.78, 5) is 2.17. The van der Waals surface area contributed by atoms with Crippen molar-refractivity contribution in [2.24, 2.45) is 0 Å². The lowest BCUT2D eigenvalue weighted by molar-refractivity contribution is 0.000427. The van der Waals surface area contributed by atoms with E-state index in [1.807, 2.05) is 38.1 Å². The smallest absolute Gasteiger partial charge is 0.132 e. The summed E-state index contributed by atoms with van der Waals surface area (Å²) in [5.74, 6) is 0.841. The Morgan fingerprint density at radius 3 is 2.47 bits per heavy atom. The van der Waals surface area contributed by atoms with E-state index in [0.29, 0.717) is 19.8 Å². The average molecular weight is 260 g/mol. The maximum Gasteiger partial charge on any atom is 0.132 e. The Morgan fingerprint density at radius 2 is 1.95 bits per heavy atom. The van der Waals surface area contributed by atoms with Gasteiger partial charge < -0.3 is 9.47 Å². The summed E-state index contributed by atoms with van der Waals surface area (Å²) in [5, 5.41) is 9.60. The second kappa shape index (κ2) is 6.05. The Balaban J connectivity index is 2.22. The average Bonchev–Trinajstić information content (AvgIpc) is 2.48. The summed E-state index contributed by atoms with van der Waals surface area (Å²) in [6, 6.07) is 10.2. The first kappa shape index (κ1) is 13.9. The first-order valence-corrected chi connectivity index (χ1v) is 6.68. The predicted molar refractivity (Wildman–Crippen MR) is 73.0 cm³/mol. The van der Waals surface area contributed by atoms with E-state index < -0.39 is 5.54 Å². The molecule has 1 heterocycles. The fraction of sp³-hybridized carbons (Fsp3) is 0.533. The number of rotatable bonds is 4. The molecule has 1 atom stereocenters. The van der Waals surface area contributed by atoms with Gasteiger partial charge in [-0.05, 0) is 31.5 Å². The molecule has 1 unspecified atom stereocenters. The zero-order valence-electron chi connectivity index (χ0n) is 11.6. The number of benzene rings is 1. The van der Waals surface area contributed by atoms with Gasteiger partial charge >= 0.3 is 0 Å². The van der Waals surface area contributed by atoms with Gasteiger partial charge in [-0.25, -0.2) is 0 Å². The standard InChI is InChI=1S/C15H20N2O2/c1-3-19-14-6-4-13(5-7-14)15(2,12-16)17-8-10-18-11-9-17/h4-7H,3,8-11H2,1-2H3. The number of hydrogen-bond acceptors (Lipinski definition) is 4. The largest absolute Gasteiger partial charge is 0.494 e. The molecule has 0 aliphatic carbocycles. The van der Waals surface area contributed by atoms with Crippen LogP contribution in [-0.2, 0) is 10.3 Å². The molecule has 1 aromatic carbocycles. The van der Waals surface area contributed by atoms with Gasteiger partial charge in [0.2, 0.25) is 0 Å². The first-order valence-electron chi connectivity index (χ1n) is 6.68. The van der Waals surface area contributed by atoms with Crippen LogP contribution in [0.1, 0.15) is 19.4 Å². The van der Waals surface area contributed by atoms with E-state index in [4.69, 9.17) is 9.47 Å². The Bertz CT molecular complexity index is 446. The quantitative estimate of drug-likeness (QED) is 0.832. The van der Waals surface area contributed by atoms with Crippen LogP contribution in [-0.4, -0.2) is 37.8 Å². The second-order valence-electron chi connectivity index (χ2n) is 4.74. The van der Waals surface area contributed by atoms with Crippen LogP contribution in [0.3, 0.4) is 0 Å². The molecule has 0 saturated carbocycles. The second-order valence-corrected chi connectivity index (χ2v) is 4.74. The van der Waals surface area contributed by atoms with Crippen molar-refractivity contribution in [3.8, 4) is 11.8 Å². The summed E-state index contributed by atoms with van der Waals surface area (Å²) >= 11 is 0. The van der Waals surface area contributed by atoms with Gasteiger partial charge in [-0.3, -0.25) is 4.90 Å². The Morgan fingerprint density at radius 1 is 1.32 bits per heavy atom. The fourth-order valence-electron chi connectivity index (χ4n) is 2.37. The maximum atomic E-state index is 9.60. The van der Waals surface area contributed by atoms with E-state index in [9.17, 15) is 5.26 Å². The minimum Gasteiger partial charge on any atom is -0.494 e. The van der Waals surface area contributed by atoms with Gasteiger partial charge in [0.1, 0.15) is 11.3 Å². The van der Waals surface area contributed by atoms with Crippen molar-refractivity contribution < 1.29 is 9.47 Å². The van der Waals surface area contributed by atoms with Gasteiger partial charge in [-0.1, -0.05) is 12.1 Å². The molecule has 1 aliphatic heterocycles. The minimum absolute atomic E-state index is 0.603. The van der Waals surface area contributed by atoms with Crippen molar-refractivity contribution in [3.05, 3.63) is 29.8 Å². The van der Waals surface area contributed by atoms with Gasteiger partial charge in [0.25, 0.3) is 0 Å². The SMILES string of the molecule is CCOc1ccc(C(C)(C#N)N2CCOCC2)cc1. The molecule has 0 amide bonds. The van der Waals surface area contributed by atoms with E-state index in [-0.39, 0.29) is 0 Å². The highest BCUT2D eigenvalue weighted by Crippen LogP contribution is 2.29. The summed E-state index contributed by atoms with van der Waals surface area (Å²) < 4.78 is 10.8. The summed E-state index contributed by atoms with van der Waals surface area (Å²) in [5.41, 5.74) is 0.398. The zero-order chi connectivity index (χ0) is 13.7. The first-order chi connectivity index (χ1) is 9.20. The van der Waals surface area contributed by atoms with Crippen LogP contribution >= 0.6 is 0 Å². The van der Waals surface area contributed by atoms with E-state index in [0.717, 1.165) is 24.4 Å². The third-order valence-corrected chi connectivity index (χ3v) is 3.59. The summed E-state index contributed by atoms with van der Waals surface area (Å²) in [6.07, 6.45) is 0. The minimum atomic E-state index is -0.603. The number of hydrogen-bond donors (Lipinski definition) is 0. The molecule has 0 bridgehead atoms. The van der Waals surface area contributed by atoms with Crippen molar-refractivity contribution in [1.29, 1.82) is 5.26 Å². The van der Waals surface area contributed by atoms with Crippen molar-refractivity contribution in [2.75, 3.05) is 32.9 Å². The lowest BCUT2D eigenvalue weighted by Crippen LogP contribution is -2.48. The number of nitriles is 1. The number of ether oxygens (including phenoxy) is 2.